The van der Waals surface area contributed by atoms with E-state index in [0.717, 1.165) is 10.6 Å². The first-order valence-electron chi connectivity index (χ1n) is 5.44. The first-order chi connectivity index (χ1) is 8.20. The Morgan fingerprint density at radius 3 is 2.71 bits per heavy atom. The fourth-order valence-corrected chi connectivity index (χ4v) is 1.89. The highest BCUT2D eigenvalue weighted by atomic mass is 35.5. The van der Waals surface area contributed by atoms with Crippen molar-refractivity contribution in [3.05, 3.63) is 46.6 Å². The van der Waals surface area contributed by atoms with E-state index in [0.29, 0.717) is 24.7 Å². The standard InChI is InChI=1S/C12H14ClN3O/c1-8-15-16-12(17-8)10(7-14)6-9-4-2-3-5-11(9)13/h2-5,10H,6-7,14H2,1H3. The van der Waals surface area contributed by atoms with Crippen LogP contribution in [-0.2, 0) is 6.42 Å². The number of nitrogens with two attached hydrogens (primary N) is 1. The van der Waals surface area contributed by atoms with Crippen molar-refractivity contribution >= 4 is 11.6 Å². The van der Waals surface area contributed by atoms with E-state index in [-0.39, 0.29) is 5.92 Å². The van der Waals surface area contributed by atoms with Crippen molar-refractivity contribution in [3.8, 4) is 0 Å². The van der Waals surface area contributed by atoms with Gasteiger partial charge in [0.05, 0.1) is 5.92 Å². The van der Waals surface area contributed by atoms with Gasteiger partial charge in [0, 0.05) is 18.5 Å². The van der Waals surface area contributed by atoms with Gasteiger partial charge in [-0.05, 0) is 18.1 Å². The summed E-state index contributed by atoms with van der Waals surface area (Å²) in [6.45, 7) is 2.21. The zero-order valence-electron chi connectivity index (χ0n) is 9.56. The Kier molecular flexibility index (Phi) is 3.76. The lowest BCUT2D eigenvalue weighted by molar-refractivity contribution is 0.427. The van der Waals surface area contributed by atoms with Gasteiger partial charge in [-0.3, -0.25) is 0 Å². The van der Waals surface area contributed by atoms with Crippen LogP contribution in [-0.4, -0.2) is 16.7 Å². The second kappa shape index (κ2) is 5.29. The summed E-state index contributed by atoms with van der Waals surface area (Å²) < 4.78 is 5.40. The molecule has 1 atom stereocenters. The molecule has 90 valence electrons. The third-order valence-corrected chi connectivity index (χ3v) is 2.97. The van der Waals surface area contributed by atoms with E-state index >= 15 is 0 Å². The summed E-state index contributed by atoms with van der Waals surface area (Å²) in [5, 5.41) is 8.56. The van der Waals surface area contributed by atoms with E-state index in [2.05, 4.69) is 10.2 Å². The number of nitrogens with zero attached hydrogens (tertiary/aromatic N) is 2. The fraction of sp³-hybridized carbons (Fsp3) is 0.333. The minimum absolute atomic E-state index is 0.0103. The Hall–Kier alpha value is -1.39. The summed E-state index contributed by atoms with van der Waals surface area (Å²) in [6.07, 6.45) is 0.706. The van der Waals surface area contributed by atoms with Crippen LogP contribution >= 0.6 is 11.6 Å². The Balaban J connectivity index is 2.18. The molecule has 0 aliphatic heterocycles. The lowest BCUT2D eigenvalue weighted by atomic mass is 9.99. The third kappa shape index (κ3) is 2.84. The molecule has 0 radical (unpaired) electrons. The lowest BCUT2D eigenvalue weighted by Crippen LogP contribution is -2.15. The number of halogens is 1. The van der Waals surface area contributed by atoms with Crippen molar-refractivity contribution in [1.82, 2.24) is 10.2 Å². The van der Waals surface area contributed by atoms with Crippen molar-refractivity contribution < 1.29 is 4.42 Å². The van der Waals surface area contributed by atoms with E-state index in [1.54, 1.807) is 6.92 Å². The Labute approximate surface area is 105 Å². The molecule has 0 amide bonds. The highest BCUT2D eigenvalue weighted by molar-refractivity contribution is 6.31. The van der Waals surface area contributed by atoms with Crippen molar-refractivity contribution in [2.45, 2.75) is 19.3 Å². The molecule has 1 heterocycles. The number of hydrogen-bond donors (Lipinski definition) is 1. The zero-order chi connectivity index (χ0) is 12.3. The third-order valence-electron chi connectivity index (χ3n) is 2.60. The molecule has 17 heavy (non-hydrogen) atoms. The molecule has 0 aliphatic rings. The summed E-state index contributed by atoms with van der Waals surface area (Å²) >= 11 is 6.11. The molecule has 4 nitrogen and oxygen atoms in total. The SMILES string of the molecule is Cc1nnc(C(CN)Cc2ccccc2Cl)o1. The zero-order valence-corrected chi connectivity index (χ0v) is 10.3. The summed E-state index contributed by atoms with van der Waals surface area (Å²) in [6, 6.07) is 7.70. The molecule has 2 aromatic rings. The molecule has 0 fully saturated rings. The van der Waals surface area contributed by atoms with E-state index in [4.69, 9.17) is 21.8 Å². The van der Waals surface area contributed by atoms with Gasteiger partial charge in [0.15, 0.2) is 0 Å². The predicted octanol–water partition coefficient (Wildman–Crippen LogP) is 2.32. The molecule has 2 N–H and O–H groups in total. The highest BCUT2D eigenvalue weighted by Crippen LogP contribution is 2.23. The van der Waals surface area contributed by atoms with Crippen molar-refractivity contribution in [2.24, 2.45) is 5.73 Å². The molecule has 0 saturated carbocycles. The molecule has 5 heteroatoms. The van der Waals surface area contributed by atoms with E-state index in [9.17, 15) is 0 Å². The first kappa shape index (κ1) is 12.1. The number of rotatable bonds is 4. The molecule has 1 aromatic heterocycles. The largest absolute Gasteiger partial charge is 0.425 e. The average molecular weight is 252 g/mol. The van der Waals surface area contributed by atoms with Gasteiger partial charge in [0.2, 0.25) is 11.8 Å². The van der Waals surface area contributed by atoms with Gasteiger partial charge in [0.1, 0.15) is 0 Å². The van der Waals surface area contributed by atoms with Crippen LogP contribution in [0, 0.1) is 6.92 Å². The highest BCUT2D eigenvalue weighted by Gasteiger charge is 2.18. The average Bonchev–Trinajstić information content (AvgIpc) is 2.75. The van der Waals surface area contributed by atoms with E-state index in [1.807, 2.05) is 24.3 Å². The molecular weight excluding hydrogens is 238 g/mol. The molecule has 1 unspecified atom stereocenters. The second-order valence-electron chi connectivity index (χ2n) is 3.89. The Morgan fingerprint density at radius 2 is 2.12 bits per heavy atom. The minimum atomic E-state index is 0.0103. The van der Waals surface area contributed by atoms with Crippen LogP contribution in [0.5, 0.6) is 0 Å². The van der Waals surface area contributed by atoms with Crippen LogP contribution in [0.15, 0.2) is 28.7 Å². The van der Waals surface area contributed by atoms with Gasteiger partial charge in [-0.25, -0.2) is 0 Å². The normalized spacial score (nSPS) is 12.6. The van der Waals surface area contributed by atoms with Crippen LogP contribution in [0.2, 0.25) is 5.02 Å². The molecule has 0 aliphatic carbocycles. The van der Waals surface area contributed by atoms with Gasteiger partial charge < -0.3 is 10.2 Å². The van der Waals surface area contributed by atoms with Crippen LogP contribution in [0.1, 0.15) is 23.3 Å². The maximum absolute atomic E-state index is 6.11. The van der Waals surface area contributed by atoms with Crippen molar-refractivity contribution in [3.63, 3.8) is 0 Å². The Bertz CT molecular complexity index is 498. The molecule has 0 bridgehead atoms. The molecule has 0 saturated heterocycles. The van der Waals surface area contributed by atoms with Crippen LogP contribution < -0.4 is 5.73 Å². The summed E-state index contributed by atoms with van der Waals surface area (Å²) in [4.78, 5) is 0. The number of hydrogen-bond acceptors (Lipinski definition) is 4. The van der Waals surface area contributed by atoms with Crippen LogP contribution in [0.3, 0.4) is 0 Å². The molecule has 2 rings (SSSR count). The quantitative estimate of drug-likeness (QED) is 0.906. The molecule has 0 spiro atoms. The van der Waals surface area contributed by atoms with Crippen molar-refractivity contribution in [1.29, 1.82) is 0 Å². The van der Waals surface area contributed by atoms with Gasteiger partial charge in [-0.2, -0.15) is 0 Å². The minimum Gasteiger partial charge on any atom is -0.425 e. The summed E-state index contributed by atoms with van der Waals surface area (Å²) in [7, 11) is 0. The predicted molar refractivity (Wildman–Crippen MR) is 66.0 cm³/mol. The van der Waals surface area contributed by atoms with E-state index < -0.39 is 0 Å². The van der Waals surface area contributed by atoms with Crippen molar-refractivity contribution in [2.75, 3.05) is 6.54 Å². The lowest BCUT2D eigenvalue weighted by Gasteiger charge is -2.11. The first-order valence-corrected chi connectivity index (χ1v) is 5.82. The van der Waals surface area contributed by atoms with Gasteiger partial charge >= 0.3 is 0 Å². The maximum Gasteiger partial charge on any atom is 0.221 e. The number of aromatic nitrogens is 2. The second-order valence-corrected chi connectivity index (χ2v) is 4.29. The molecule has 1 aromatic carbocycles. The monoisotopic (exact) mass is 251 g/mol. The number of benzene rings is 1. The Morgan fingerprint density at radius 1 is 1.35 bits per heavy atom. The van der Waals surface area contributed by atoms with Crippen LogP contribution in [0.4, 0.5) is 0 Å². The number of aryl methyl sites for hydroxylation is 1. The summed E-state index contributed by atoms with van der Waals surface area (Å²) in [5.41, 5.74) is 6.78. The maximum atomic E-state index is 6.11. The van der Waals surface area contributed by atoms with Gasteiger partial charge in [-0.1, -0.05) is 29.8 Å². The summed E-state index contributed by atoms with van der Waals surface area (Å²) in [5.74, 6) is 1.14. The van der Waals surface area contributed by atoms with E-state index in [1.165, 1.54) is 0 Å². The van der Waals surface area contributed by atoms with Gasteiger partial charge in [0.25, 0.3) is 0 Å². The smallest absolute Gasteiger partial charge is 0.221 e. The fourth-order valence-electron chi connectivity index (χ4n) is 1.68. The topological polar surface area (TPSA) is 64.9 Å². The van der Waals surface area contributed by atoms with Crippen LogP contribution in [0.25, 0.3) is 0 Å². The molecular formula is C12H14ClN3O. The van der Waals surface area contributed by atoms with Gasteiger partial charge in [-0.15, -0.1) is 10.2 Å².